The van der Waals surface area contributed by atoms with E-state index in [1.54, 1.807) is 18.2 Å². The first-order chi connectivity index (χ1) is 10.2. The molecule has 21 heavy (non-hydrogen) atoms. The number of benzene rings is 2. The molecule has 0 aliphatic carbocycles. The van der Waals surface area contributed by atoms with Gasteiger partial charge in [-0.15, -0.1) is 0 Å². The Labute approximate surface area is 123 Å². The lowest BCUT2D eigenvalue weighted by Crippen LogP contribution is -2.34. The van der Waals surface area contributed by atoms with Crippen LogP contribution in [0.2, 0.25) is 0 Å². The van der Waals surface area contributed by atoms with Crippen molar-refractivity contribution in [1.29, 1.82) is 0 Å². The summed E-state index contributed by atoms with van der Waals surface area (Å²) < 4.78 is 13.1. The first-order valence-electron chi connectivity index (χ1n) is 7.02. The lowest BCUT2D eigenvalue weighted by Gasteiger charge is -2.27. The molecule has 0 N–H and O–H groups in total. The van der Waals surface area contributed by atoms with Gasteiger partial charge in [-0.05, 0) is 41.3 Å². The van der Waals surface area contributed by atoms with Gasteiger partial charge in [0.25, 0.3) is 0 Å². The number of nitrogens with zero attached hydrogens (tertiary/aromatic N) is 1. The van der Waals surface area contributed by atoms with Crippen molar-refractivity contribution in [3.05, 3.63) is 77.1 Å². The van der Waals surface area contributed by atoms with E-state index in [9.17, 15) is 9.18 Å². The predicted octanol–water partition coefficient (Wildman–Crippen LogP) is 3.42. The summed E-state index contributed by atoms with van der Waals surface area (Å²) in [7, 11) is 0. The van der Waals surface area contributed by atoms with E-state index in [-0.39, 0.29) is 11.7 Å². The van der Waals surface area contributed by atoms with Gasteiger partial charge in [0.1, 0.15) is 5.82 Å². The van der Waals surface area contributed by atoms with Crippen molar-refractivity contribution < 1.29 is 9.18 Å². The Morgan fingerprint density at radius 3 is 2.71 bits per heavy atom. The second-order valence-electron chi connectivity index (χ2n) is 5.17. The highest BCUT2D eigenvalue weighted by Gasteiger charge is 2.18. The molecule has 2 nitrogen and oxygen atoms in total. The summed E-state index contributed by atoms with van der Waals surface area (Å²) >= 11 is 0. The Kier molecular flexibility index (Phi) is 3.82. The van der Waals surface area contributed by atoms with Gasteiger partial charge in [0.05, 0.1) is 0 Å². The minimum atomic E-state index is -0.295. The van der Waals surface area contributed by atoms with Crippen molar-refractivity contribution >= 4 is 12.0 Å². The molecule has 0 bridgehead atoms. The Morgan fingerprint density at radius 2 is 1.90 bits per heavy atom. The van der Waals surface area contributed by atoms with E-state index in [2.05, 4.69) is 12.1 Å². The minimum absolute atomic E-state index is 0.0336. The lowest BCUT2D eigenvalue weighted by atomic mass is 10.00. The van der Waals surface area contributed by atoms with Crippen molar-refractivity contribution in [2.75, 3.05) is 6.54 Å². The van der Waals surface area contributed by atoms with Crippen LogP contribution in [0.25, 0.3) is 6.08 Å². The van der Waals surface area contributed by atoms with Crippen LogP contribution in [0.4, 0.5) is 4.39 Å². The van der Waals surface area contributed by atoms with Crippen molar-refractivity contribution in [2.24, 2.45) is 0 Å². The van der Waals surface area contributed by atoms with E-state index < -0.39 is 0 Å². The normalized spacial score (nSPS) is 14.2. The lowest BCUT2D eigenvalue weighted by molar-refractivity contribution is -0.126. The van der Waals surface area contributed by atoms with Gasteiger partial charge in [0.15, 0.2) is 0 Å². The van der Waals surface area contributed by atoms with Gasteiger partial charge in [-0.3, -0.25) is 4.79 Å². The molecular weight excluding hydrogens is 265 g/mol. The third-order valence-electron chi connectivity index (χ3n) is 3.71. The van der Waals surface area contributed by atoms with Gasteiger partial charge >= 0.3 is 0 Å². The van der Waals surface area contributed by atoms with Crippen LogP contribution in [0.5, 0.6) is 0 Å². The van der Waals surface area contributed by atoms with Crippen molar-refractivity contribution in [1.82, 2.24) is 4.90 Å². The molecule has 1 heterocycles. The van der Waals surface area contributed by atoms with E-state index in [4.69, 9.17) is 0 Å². The number of amides is 1. The summed E-state index contributed by atoms with van der Waals surface area (Å²) in [6, 6.07) is 14.4. The molecule has 3 heteroatoms. The molecule has 106 valence electrons. The number of hydrogen-bond acceptors (Lipinski definition) is 1. The highest BCUT2D eigenvalue weighted by Crippen LogP contribution is 2.18. The van der Waals surface area contributed by atoms with E-state index in [0.717, 1.165) is 13.0 Å². The smallest absolute Gasteiger partial charge is 0.246 e. The van der Waals surface area contributed by atoms with Crippen LogP contribution in [0.15, 0.2) is 54.6 Å². The fourth-order valence-electron chi connectivity index (χ4n) is 2.57. The molecular formula is C18H16FNO. The zero-order chi connectivity index (χ0) is 14.7. The zero-order valence-corrected chi connectivity index (χ0v) is 11.6. The molecule has 0 atom stereocenters. The molecule has 3 rings (SSSR count). The predicted molar refractivity (Wildman–Crippen MR) is 81.0 cm³/mol. The van der Waals surface area contributed by atoms with Gasteiger partial charge < -0.3 is 4.90 Å². The van der Waals surface area contributed by atoms with E-state index >= 15 is 0 Å². The van der Waals surface area contributed by atoms with Crippen molar-refractivity contribution in [3.63, 3.8) is 0 Å². The molecule has 1 aliphatic rings. The first-order valence-corrected chi connectivity index (χ1v) is 7.02. The molecule has 0 spiro atoms. The summed E-state index contributed by atoms with van der Waals surface area (Å²) in [5.74, 6) is -0.328. The summed E-state index contributed by atoms with van der Waals surface area (Å²) in [6.45, 7) is 1.37. The Balaban J connectivity index is 1.69. The Morgan fingerprint density at radius 1 is 1.10 bits per heavy atom. The van der Waals surface area contributed by atoms with Crippen molar-refractivity contribution in [2.45, 2.75) is 13.0 Å². The number of halogens is 1. The van der Waals surface area contributed by atoms with Gasteiger partial charge in [0, 0.05) is 19.2 Å². The molecule has 2 aromatic carbocycles. The molecule has 0 unspecified atom stereocenters. The number of carbonyl (C=O) groups excluding carboxylic acids is 1. The van der Waals surface area contributed by atoms with Crippen LogP contribution < -0.4 is 0 Å². The molecule has 1 amide bonds. The number of hydrogen-bond donors (Lipinski definition) is 0. The average molecular weight is 281 g/mol. The molecule has 0 radical (unpaired) electrons. The van der Waals surface area contributed by atoms with Crippen LogP contribution in [-0.2, 0) is 17.8 Å². The van der Waals surface area contributed by atoms with Crippen molar-refractivity contribution in [3.8, 4) is 0 Å². The topological polar surface area (TPSA) is 20.3 Å². The monoisotopic (exact) mass is 281 g/mol. The maximum atomic E-state index is 13.1. The van der Waals surface area contributed by atoms with Gasteiger partial charge in [-0.2, -0.15) is 0 Å². The molecule has 0 fully saturated rings. The summed E-state index contributed by atoms with van der Waals surface area (Å²) in [4.78, 5) is 14.0. The number of carbonyl (C=O) groups is 1. The van der Waals surface area contributed by atoms with Crippen LogP contribution in [-0.4, -0.2) is 17.4 Å². The Bertz CT molecular complexity index is 693. The van der Waals surface area contributed by atoms with E-state index in [0.29, 0.717) is 12.1 Å². The van der Waals surface area contributed by atoms with E-state index in [1.165, 1.54) is 29.3 Å². The minimum Gasteiger partial charge on any atom is -0.334 e. The molecule has 0 saturated heterocycles. The van der Waals surface area contributed by atoms with Gasteiger partial charge in [-0.1, -0.05) is 36.4 Å². The molecule has 2 aromatic rings. The maximum Gasteiger partial charge on any atom is 0.246 e. The largest absolute Gasteiger partial charge is 0.334 e. The van der Waals surface area contributed by atoms with Gasteiger partial charge in [0.2, 0.25) is 5.91 Å². The average Bonchev–Trinajstić information content (AvgIpc) is 2.52. The third-order valence-corrected chi connectivity index (χ3v) is 3.71. The zero-order valence-electron chi connectivity index (χ0n) is 11.6. The summed E-state index contributed by atoms with van der Waals surface area (Å²) in [6.07, 6.45) is 4.06. The fourth-order valence-corrected chi connectivity index (χ4v) is 2.57. The van der Waals surface area contributed by atoms with Crippen LogP contribution in [0.3, 0.4) is 0 Å². The Hall–Kier alpha value is -2.42. The molecule has 1 aliphatic heterocycles. The van der Waals surface area contributed by atoms with Crippen LogP contribution in [0, 0.1) is 5.82 Å². The fraction of sp³-hybridized carbons (Fsp3) is 0.167. The number of rotatable bonds is 2. The molecule has 0 saturated carbocycles. The molecule has 0 aromatic heterocycles. The quantitative estimate of drug-likeness (QED) is 0.772. The standard InChI is InChI=1S/C18H16FNO/c19-17-7-3-4-14(12-17)8-9-18(21)20-11-10-15-5-1-2-6-16(15)13-20/h1-9,12H,10-11,13H2/b9-8+. The first kappa shape index (κ1) is 13.6. The summed E-state index contributed by atoms with van der Waals surface area (Å²) in [5, 5.41) is 0. The highest BCUT2D eigenvalue weighted by atomic mass is 19.1. The van der Waals surface area contributed by atoms with E-state index in [1.807, 2.05) is 17.0 Å². The van der Waals surface area contributed by atoms with Gasteiger partial charge in [-0.25, -0.2) is 4.39 Å². The second-order valence-corrected chi connectivity index (χ2v) is 5.17. The van der Waals surface area contributed by atoms with Crippen LogP contribution in [0.1, 0.15) is 16.7 Å². The third kappa shape index (κ3) is 3.19. The summed E-state index contributed by atoms with van der Waals surface area (Å²) in [5.41, 5.74) is 3.22. The number of fused-ring (bicyclic) bond motifs is 1. The van der Waals surface area contributed by atoms with Crippen LogP contribution >= 0.6 is 0 Å². The second kappa shape index (κ2) is 5.92. The maximum absolute atomic E-state index is 13.1. The SMILES string of the molecule is O=C(/C=C/c1cccc(F)c1)N1CCc2ccccc2C1. The highest BCUT2D eigenvalue weighted by molar-refractivity contribution is 5.91.